The summed E-state index contributed by atoms with van der Waals surface area (Å²) in [7, 11) is 1.57. The van der Waals surface area contributed by atoms with Gasteiger partial charge in [0.1, 0.15) is 6.61 Å². The summed E-state index contributed by atoms with van der Waals surface area (Å²) in [6.07, 6.45) is 3.90. The zero-order chi connectivity index (χ0) is 36.5. The summed E-state index contributed by atoms with van der Waals surface area (Å²) in [6.45, 7) is 2.25. The van der Waals surface area contributed by atoms with Crippen molar-refractivity contribution in [1.29, 1.82) is 0 Å². The van der Waals surface area contributed by atoms with Crippen LogP contribution in [0.3, 0.4) is 0 Å². The fourth-order valence-electron chi connectivity index (χ4n) is 7.49. The van der Waals surface area contributed by atoms with Crippen molar-refractivity contribution in [2.45, 2.75) is 31.3 Å². The number of halogens is 1. The second-order valence-electron chi connectivity index (χ2n) is 13.2. The second-order valence-corrected chi connectivity index (χ2v) is 15.4. The fourth-order valence-corrected chi connectivity index (χ4v) is 9.11. The van der Waals surface area contributed by atoms with Gasteiger partial charge in [-0.05, 0) is 123 Å². The van der Waals surface area contributed by atoms with Gasteiger partial charge >= 0.3 is 0 Å². The number of nitrogens with zero attached hydrogens (tertiary/aromatic N) is 3. The molecule has 1 amide bonds. The van der Waals surface area contributed by atoms with Crippen LogP contribution in [0.25, 0.3) is 6.08 Å². The smallest absolute Gasteiger partial charge is 0.269 e. The number of anilines is 1. The Hall–Kier alpha value is -5.14. The van der Waals surface area contributed by atoms with Gasteiger partial charge in [0.05, 0.1) is 26.2 Å². The number of ether oxygens (including phenoxy) is 2. The summed E-state index contributed by atoms with van der Waals surface area (Å²) in [5.41, 5.74) is 8.97. The average molecular weight is 835 g/mol. The van der Waals surface area contributed by atoms with Crippen molar-refractivity contribution in [3.8, 4) is 11.5 Å². The molecule has 9 nitrogen and oxygen atoms in total. The summed E-state index contributed by atoms with van der Waals surface area (Å²) in [6, 6.07) is 35.9. The molecule has 2 atom stereocenters. The van der Waals surface area contributed by atoms with Gasteiger partial charge in [-0.25, -0.2) is 4.99 Å². The van der Waals surface area contributed by atoms with Crippen LogP contribution in [-0.2, 0) is 11.4 Å². The van der Waals surface area contributed by atoms with Gasteiger partial charge in [0.25, 0.3) is 11.6 Å². The summed E-state index contributed by atoms with van der Waals surface area (Å²) in [5, 5.41) is 14.5. The molecule has 3 heterocycles. The molecule has 1 N–H and O–H groups in total. The Morgan fingerprint density at radius 2 is 1.55 bits per heavy atom. The monoisotopic (exact) mass is 834 g/mol. The van der Waals surface area contributed by atoms with E-state index in [9.17, 15) is 14.9 Å². The van der Waals surface area contributed by atoms with E-state index < -0.39 is 4.92 Å². The van der Waals surface area contributed by atoms with Gasteiger partial charge in [-0.1, -0.05) is 60.7 Å². The molecule has 0 spiro atoms. The maximum Gasteiger partial charge on any atom is 0.269 e. The van der Waals surface area contributed by atoms with Crippen molar-refractivity contribution < 1.29 is 19.2 Å². The van der Waals surface area contributed by atoms with Crippen molar-refractivity contribution in [3.63, 3.8) is 0 Å². The maximum absolute atomic E-state index is 13.3. The molecular formula is C42H35IN4O5S. The van der Waals surface area contributed by atoms with E-state index in [0.29, 0.717) is 21.6 Å². The van der Waals surface area contributed by atoms with Gasteiger partial charge in [0, 0.05) is 42.7 Å². The highest BCUT2D eigenvalue weighted by Crippen LogP contribution is 2.50. The molecule has 1 saturated heterocycles. The van der Waals surface area contributed by atoms with Gasteiger partial charge in [-0.2, -0.15) is 0 Å². The van der Waals surface area contributed by atoms with Gasteiger partial charge in [0.2, 0.25) is 0 Å². The van der Waals surface area contributed by atoms with Crippen LogP contribution in [0.2, 0.25) is 0 Å². The number of benzene rings is 5. The lowest BCUT2D eigenvalue weighted by Crippen LogP contribution is -2.37. The first-order valence-electron chi connectivity index (χ1n) is 17.4. The Morgan fingerprint density at radius 1 is 0.925 bits per heavy atom. The van der Waals surface area contributed by atoms with Gasteiger partial charge in [-0.15, -0.1) is 0 Å². The van der Waals surface area contributed by atoms with E-state index in [-0.39, 0.29) is 30.0 Å². The lowest BCUT2D eigenvalue weighted by atomic mass is 9.76. The Kier molecular flexibility index (Phi) is 9.93. The number of nitro groups is 1. The van der Waals surface area contributed by atoms with Gasteiger partial charge in [-0.3, -0.25) is 14.9 Å². The maximum atomic E-state index is 13.3. The number of non-ortho nitro benzene ring substituents is 1. The number of thioether (sulfide) groups is 1. The number of carbonyl (C=O) groups excluding carboxylic acids is 1. The largest absolute Gasteiger partial charge is 0.493 e. The number of nitrogens with one attached hydrogen (secondary N) is 1. The van der Waals surface area contributed by atoms with Crippen LogP contribution in [0.1, 0.15) is 58.1 Å². The Balaban J connectivity index is 1.09. The highest BCUT2D eigenvalue weighted by Gasteiger charge is 2.35. The Bertz CT molecular complexity index is 2190. The molecule has 1 fully saturated rings. The Morgan fingerprint density at radius 3 is 2.13 bits per heavy atom. The molecule has 53 heavy (non-hydrogen) atoms. The van der Waals surface area contributed by atoms with Crippen molar-refractivity contribution in [2.75, 3.05) is 25.1 Å². The molecule has 5 aromatic rings. The van der Waals surface area contributed by atoms with Crippen molar-refractivity contribution in [2.24, 2.45) is 4.99 Å². The molecule has 11 heteroatoms. The van der Waals surface area contributed by atoms with Crippen molar-refractivity contribution in [1.82, 2.24) is 5.32 Å². The molecular weight excluding hydrogens is 799 g/mol. The van der Waals surface area contributed by atoms with E-state index in [0.717, 1.165) is 46.3 Å². The number of methoxy groups -OCH3 is 1. The van der Waals surface area contributed by atoms with Gasteiger partial charge < -0.3 is 19.7 Å². The second kappa shape index (κ2) is 15.1. The van der Waals surface area contributed by atoms with E-state index >= 15 is 0 Å². The number of nitro benzene ring substituents is 1. The number of hydrogen-bond donors (Lipinski definition) is 1. The first kappa shape index (κ1) is 34.9. The fraction of sp³-hybridized carbons (Fsp3) is 0.190. The topological polar surface area (TPSA) is 106 Å². The minimum atomic E-state index is -0.429. The van der Waals surface area contributed by atoms with Crippen molar-refractivity contribution in [3.05, 3.63) is 161 Å². The van der Waals surface area contributed by atoms with E-state index in [2.05, 4.69) is 106 Å². The molecule has 0 radical (unpaired) electrons. The first-order chi connectivity index (χ1) is 25.8. The summed E-state index contributed by atoms with van der Waals surface area (Å²) in [4.78, 5) is 32.0. The summed E-state index contributed by atoms with van der Waals surface area (Å²) < 4.78 is 12.6. The molecule has 0 aliphatic carbocycles. The van der Waals surface area contributed by atoms with Crippen LogP contribution in [0.4, 0.5) is 17.1 Å². The lowest BCUT2D eigenvalue weighted by Gasteiger charge is -2.43. The molecule has 3 aliphatic heterocycles. The third kappa shape index (κ3) is 7.27. The lowest BCUT2D eigenvalue weighted by molar-refractivity contribution is -0.384. The molecule has 0 aromatic heterocycles. The number of carbonyl (C=O) groups is 1. The molecule has 5 aromatic carbocycles. The molecule has 8 rings (SSSR count). The molecule has 0 bridgehead atoms. The van der Waals surface area contributed by atoms with Crippen LogP contribution in [-0.4, -0.2) is 36.2 Å². The summed E-state index contributed by atoms with van der Waals surface area (Å²) >= 11 is 3.51. The predicted octanol–water partition coefficient (Wildman–Crippen LogP) is 9.56. The highest BCUT2D eigenvalue weighted by molar-refractivity contribution is 14.1. The first-order valence-corrected chi connectivity index (χ1v) is 19.3. The van der Waals surface area contributed by atoms with Crippen molar-refractivity contribution >= 4 is 68.6 Å². The van der Waals surface area contributed by atoms with Gasteiger partial charge in [0.15, 0.2) is 16.7 Å². The average Bonchev–Trinajstić information content (AvgIpc) is 3.52. The number of amidine groups is 1. The van der Waals surface area contributed by atoms with Crippen LogP contribution in [0.5, 0.6) is 11.5 Å². The zero-order valence-electron chi connectivity index (χ0n) is 28.8. The van der Waals surface area contributed by atoms with Crippen LogP contribution < -0.4 is 19.7 Å². The molecule has 266 valence electrons. The Labute approximate surface area is 325 Å². The number of amides is 1. The van der Waals surface area contributed by atoms with E-state index in [1.165, 1.54) is 51.8 Å². The van der Waals surface area contributed by atoms with Crippen LogP contribution in [0.15, 0.2) is 119 Å². The van der Waals surface area contributed by atoms with E-state index in [1.807, 2.05) is 18.2 Å². The minimum absolute atomic E-state index is 0.0255. The number of rotatable bonds is 9. The zero-order valence-corrected chi connectivity index (χ0v) is 31.8. The van der Waals surface area contributed by atoms with E-state index in [4.69, 9.17) is 14.5 Å². The minimum Gasteiger partial charge on any atom is -0.493 e. The summed E-state index contributed by atoms with van der Waals surface area (Å²) in [5.74, 6) is 1.38. The predicted molar refractivity (Wildman–Crippen MR) is 218 cm³/mol. The number of aliphatic imine (C=N–C) groups is 1. The highest BCUT2D eigenvalue weighted by atomic mass is 127. The molecule has 0 unspecified atom stereocenters. The van der Waals surface area contributed by atoms with Crippen LogP contribution in [0, 0.1) is 13.7 Å². The third-order valence-electron chi connectivity index (χ3n) is 9.96. The van der Waals surface area contributed by atoms with E-state index in [1.54, 1.807) is 19.2 Å². The standard InChI is InChI=1S/C42H35IN4O5S/c1-51-37-21-27(20-36(43)40(37)52-25-26-12-14-31(15-13-26)47(49)50)22-38-41(48)45-42(53-38)44-30-23-34-32(28-8-4-2-5-9-28)16-18-46-19-17-33(35(24-30)39(34)46)29-10-6-3-7-11-29/h2-15,20-24,32-33H,16-19,25H2,1H3,(H,44,45,48)/b38-22-/t32-,33-/m0/s1. The SMILES string of the molecule is COc1cc(/C=C2\SC(=Nc3cc4c5c(c3)[C@H](c3ccccc3)CCN5CC[C@H]4c3ccccc3)NC2=O)cc(I)c1OCc1ccc([N+](=O)[O-])cc1. The quantitative estimate of drug-likeness (QED) is 0.0683. The molecule has 0 saturated carbocycles. The third-order valence-corrected chi connectivity index (χ3v) is 11.7. The normalized spacial score (nSPS) is 19.2. The molecule has 3 aliphatic rings. The number of hydrogen-bond acceptors (Lipinski definition) is 8. The van der Waals surface area contributed by atoms with Crippen LogP contribution >= 0.6 is 34.4 Å².